The lowest BCUT2D eigenvalue weighted by Crippen LogP contribution is -2.31. The van der Waals surface area contributed by atoms with Gasteiger partial charge in [-0.15, -0.1) is 0 Å². The van der Waals surface area contributed by atoms with E-state index in [0.717, 1.165) is 22.4 Å². The molecule has 3 aromatic carbocycles. The lowest BCUT2D eigenvalue weighted by molar-refractivity contribution is -0.151. The zero-order chi connectivity index (χ0) is 25.3. The molecule has 0 aliphatic rings. The topological polar surface area (TPSA) is 83.3 Å². The van der Waals surface area contributed by atoms with Gasteiger partial charge in [0.2, 0.25) is 0 Å². The van der Waals surface area contributed by atoms with Crippen LogP contribution in [0.4, 0.5) is 6.01 Å². The molecular formula is C28H30N2O6. The van der Waals surface area contributed by atoms with Crippen LogP contribution in [-0.4, -0.2) is 51.0 Å². The number of oxazole rings is 1. The summed E-state index contributed by atoms with van der Waals surface area (Å²) in [5, 5.41) is 0. The zero-order valence-electron chi connectivity index (χ0n) is 20.7. The molecule has 1 unspecified atom stereocenters. The van der Waals surface area contributed by atoms with Crippen LogP contribution in [-0.2, 0) is 16.0 Å². The third-order valence-electron chi connectivity index (χ3n) is 5.54. The predicted molar refractivity (Wildman–Crippen MR) is 137 cm³/mol. The van der Waals surface area contributed by atoms with Gasteiger partial charge in [0.05, 0.1) is 20.3 Å². The van der Waals surface area contributed by atoms with E-state index in [9.17, 15) is 4.79 Å². The molecule has 0 fully saturated rings. The average molecular weight is 491 g/mol. The van der Waals surface area contributed by atoms with Gasteiger partial charge in [0, 0.05) is 13.5 Å². The highest BCUT2D eigenvalue weighted by atomic mass is 16.6. The van der Waals surface area contributed by atoms with Crippen molar-refractivity contribution in [2.45, 2.75) is 19.4 Å². The summed E-state index contributed by atoms with van der Waals surface area (Å²) in [4.78, 5) is 18.9. The summed E-state index contributed by atoms with van der Waals surface area (Å²) in [5.74, 6) is 1.60. The Labute approximate surface area is 210 Å². The number of hydrogen-bond donors (Lipinski definition) is 0. The van der Waals surface area contributed by atoms with Crippen molar-refractivity contribution in [1.29, 1.82) is 0 Å². The number of nitrogens with zero attached hydrogens (tertiary/aromatic N) is 2. The average Bonchev–Trinajstić information content (AvgIpc) is 3.34. The molecule has 36 heavy (non-hydrogen) atoms. The van der Waals surface area contributed by atoms with Gasteiger partial charge in [-0.05, 0) is 61.0 Å². The Kier molecular flexibility index (Phi) is 8.28. The van der Waals surface area contributed by atoms with Crippen molar-refractivity contribution in [2.24, 2.45) is 0 Å². The van der Waals surface area contributed by atoms with E-state index in [1.54, 1.807) is 38.3 Å². The van der Waals surface area contributed by atoms with Crippen LogP contribution in [0.5, 0.6) is 17.2 Å². The van der Waals surface area contributed by atoms with Gasteiger partial charge in [-0.2, -0.15) is 4.98 Å². The minimum Gasteiger partial charge on any atom is -0.497 e. The highest BCUT2D eigenvalue weighted by Gasteiger charge is 2.22. The molecule has 1 heterocycles. The van der Waals surface area contributed by atoms with Crippen molar-refractivity contribution in [3.63, 3.8) is 0 Å². The molecule has 188 valence electrons. The summed E-state index contributed by atoms with van der Waals surface area (Å²) in [6, 6.07) is 22.9. The quantitative estimate of drug-likeness (QED) is 0.259. The Bertz CT molecular complexity index is 1220. The fourth-order valence-corrected chi connectivity index (χ4v) is 3.58. The fraction of sp³-hybridized carbons (Fsp3) is 0.286. The van der Waals surface area contributed by atoms with Gasteiger partial charge in [-0.3, -0.25) is 0 Å². The van der Waals surface area contributed by atoms with Crippen molar-refractivity contribution in [3.05, 3.63) is 78.4 Å². The van der Waals surface area contributed by atoms with E-state index >= 15 is 0 Å². The Balaban J connectivity index is 1.31. The molecule has 1 atom stereocenters. The zero-order valence-corrected chi connectivity index (χ0v) is 20.7. The van der Waals surface area contributed by atoms with Crippen molar-refractivity contribution < 1.29 is 28.2 Å². The highest BCUT2D eigenvalue weighted by molar-refractivity contribution is 5.75. The first-order valence-corrected chi connectivity index (χ1v) is 11.8. The molecule has 0 N–H and O–H groups in total. The number of methoxy groups -OCH3 is 1. The lowest BCUT2D eigenvalue weighted by Gasteiger charge is -2.18. The molecule has 0 spiro atoms. The van der Waals surface area contributed by atoms with Gasteiger partial charge in [0.1, 0.15) is 29.4 Å². The SMILES string of the molecule is CCOC(=O)C(Cc1ccc(OCCN(C)c2nc3ccccc3o2)cc1)Oc1ccc(OC)cc1. The summed E-state index contributed by atoms with van der Waals surface area (Å²) >= 11 is 0. The summed E-state index contributed by atoms with van der Waals surface area (Å²) in [7, 11) is 3.51. The molecule has 0 bridgehead atoms. The Morgan fingerprint density at radius 2 is 1.67 bits per heavy atom. The Morgan fingerprint density at radius 3 is 2.36 bits per heavy atom. The van der Waals surface area contributed by atoms with Crippen LogP contribution in [0.3, 0.4) is 0 Å². The van der Waals surface area contributed by atoms with Gasteiger partial charge in [-0.25, -0.2) is 4.79 Å². The number of esters is 1. The first-order valence-electron chi connectivity index (χ1n) is 11.8. The van der Waals surface area contributed by atoms with Gasteiger partial charge < -0.3 is 28.3 Å². The fourth-order valence-electron chi connectivity index (χ4n) is 3.58. The Hall–Kier alpha value is -4.20. The maximum Gasteiger partial charge on any atom is 0.347 e. The molecule has 0 saturated carbocycles. The van der Waals surface area contributed by atoms with Crippen LogP contribution in [0.15, 0.2) is 77.2 Å². The summed E-state index contributed by atoms with van der Waals surface area (Å²) in [6.07, 6.45) is -0.402. The van der Waals surface area contributed by atoms with Gasteiger partial charge in [0.25, 0.3) is 6.01 Å². The van der Waals surface area contributed by atoms with Crippen molar-refractivity contribution in [1.82, 2.24) is 4.98 Å². The van der Waals surface area contributed by atoms with E-state index < -0.39 is 12.1 Å². The van der Waals surface area contributed by atoms with Crippen molar-refractivity contribution >= 4 is 23.1 Å². The molecule has 0 amide bonds. The molecule has 1 aromatic heterocycles. The third kappa shape index (κ3) is 6.47. The minimum atomic E-state index is -0.768. The van der Waals surface area contributed by atoms with E-state index in [0.29, 0.717) is 37.1 Å². The van der Waals surface area contributed by atoms with Crippen LogP contribution >= 0.6 is 0 Å². The molecule has 4 rings (SSSR count). The first kappa shape index (κ1) is 24.9. The molecule has 0 radical (unpaired) electrons. The van der Waals surface area contributed by atoms with Crippen LogP contribution in [0, 0.1) is 0 Å². The maximum absolute atomic E-state index is 12.5. The van der Waals surface area contributed by atoms with Crippen LogP contribution in [0.1, 0.15) is 12.5 Å². The molecule has 4 aromatic rings. The summed E-state index contributed by atoms with van der Waals surface area (Å²) in [5.41, 5.74) is 2.51. The molecule has 8 heteroatoms. The van der Waals surface area contributed by atoms with Crippen molar-refractivity contribution in [3.8, 4) is 17.2 Å². The highest BCUT2D eigenvalue weighted by Crippen LogP contribution is 2.22. The predicted octanol–water partition coefficient (Wildman–Crippen LogP) is 4.90. The maximum atomic E-state index is 12.5. The minimum absolute atomic E-state index is 0.284. The van der Waals surface area contributed by atoms with E-state index in [1.165, 1.54) is 0 Å². The number of para-hydroxylation sites is 2. The van der Waals surface area contributed by atoms with E-state index in [2.05, 4.69) is 4.98 Å². The first-order chi connectivity index (χ1) is 17.6. The second-order valence-corrected chi connectivity index (χ2v) is 8.12. The second-order valence-electron chi connectivity index (χ2n) is 8.12. The number of carbonyl (C=O) groups excluding carboxylic acids is 1. The van der Waals surface area contributed by atoms with E-state index in [-0.39, 0.29) is 6.61 Å². The second kappa shape index (κ2) is 12.0. The standard InChI is InChI=1S/C28H30N2O6/c1-4-33-27(31)26(35-23-15-13-21(32-3)14-16-23)19-20-9-11-22(12-10-20)34-18-17-30(2)28-29-24-7-5-6-8-25(24)36-28/h5-16,26H,4,17-19H2,1-3H3. The van der Waals surface area contributed by atoms with Gasteiger partial charge in [-0.1, -0.05) is 24.3 Å². The molecule has 0 aliphatic heterocycles. The molecule has 0 aliphatic carbocycles. The Morgan fingerprint density at radius 1 is 0.972 bits per heavy atom. The number of benzene rings is 3. The number of hydrogen-bond acceptors (Lipinski definition) is 8. The van der Waals surface area contributed by atoms with Crippen LogP contribution in [0.2, 0.25) is 0 Å². The van der Waals surface area contributed by atoms with Crippen molar-refractivity contribution in [2.75, 3.05) is 38.8 Å². The molecular weight excluding hydrogens is 460 g/mol. The molecule has 0 saturated heterocycles. The monoisotopic (exact) mass is 490 g/mol. The van der Waals surface area contributed by atoms with E-state index in [4.69, 9.17) is 23.4 Å². The number of likely N-dealkylation sites (N-methyl/N-ethyl adjacent to an activating group) is 1. The summed E-state index contributed by atoms with van der Waals surface area (Å²) < 4.78 is 28.0. The number of rotatable bonds is 12. The smallest absolute Gasteiger partial charge is 0.347 e. The normalized spacial score (nSPS) is 11.6. The van der Waals surface area contributed by atoms with Crippen LogP contribution < -0.4 is 19.1 Å². The number of fused-ring (bicyclic) bond motifs is 1. The molecule has 8 nitrogen and oxygen atoms in total. The van der Waals surface area contributed by atoms with E-state index in [1.807, 2.05) is 60.5 Å². The number of aromatic nitrogens is 1. The third-order valence-corrected chi connectivity index (χ3v) is 5.54. The van der Waals surface area contributed by atoms with Gasteiger partial charge in [0.15, 0.2) is 11.7 Å². The number of anilines is 1. The summed E-state index contributed by atoms with van der Waals surface area (Å²) in [6.45, 7) is 3.12. The largest absolute Gasteiger partial charge is 0.497 e. The van der Waals surface area contributed by atoms with Gasteiger partial charge >= 0.3 is 5.97 Å². The number of ether oxygens (including phenoxy) is 4. The number of carbonyl (C=O) groups is 1. The lowest BCUT2D eigenvalue weighted by atomic mass is 10.1. The van der Waals surface area contributed by atoms with Crippen LogP contribution in [0.25, 0.3) is 11.1 Å².